The van der Waals surface area contributed by atoms with Gasteiger partial charge in [-0.25, -0.2) is 4.79 Å². The largest absolute Gasteiger partial charge is 0.478 e. The van der Waals surface area contributed by atoms with E-state index in [1.54, 1.807) is 7.11 Å². The second kappa shape index (κ2) is 8.15. The molecule has 4 heteroatoms. The number of benzene rings is 2. The summed E-state index contributed by atoms with van der Waals surface area (Å²) in [4.78, 5) is 11.3. The van der Waals surface area contributed by atoms with Crippen molar-refractivity contribution >= 4 is 11.5 Å². The Hall–Kier alpha value is -2.59. The van der Waals surface area contributed by atoms with Gasteiger partial charge in [0.2, 0.25) is 0 Å². The van der Waals surface area contributed by atoms with Crippen LogP contribution in [-0.2, 0) is 16.0 Å². The van der Waals surface area contributed by atoms with Gasteiger partial charge < -0.3 is 14.6 Å². The Labute approximate surface area is 136 Å². The summed E-state index contributed by atoms with van der Waals surface area (Å²) in [5.41, 5.74) is 3.29. The van der Waals surface area contributed by atoms with Crippen molar-refractivity contribution < 1.29 is 19.4 Å². The maximum absolute atomic E-state index is 11.3. The Bertz CT molecular complexity index is 690. The van der Waals surface area contributed by atoms with Crippen molar-refractivity contribution in [3.05, 3.63) is 71.3 Å². The molecule has 0 aliphatic heterocycles. The highest BCUT2D eigenvalue weighted by Gasteiger charge is 2.14. The van der Waals surface area contributed by atoms with Crippen LogP contribution in [0.1, 0.15) is 23.6 Å². The van der Waals surface area contributed by atoms with Crippen LogP contribution in [0.4, 0.5) is 0 Å². The van der Waals surface area contributed by atoms with Crippen LogP contribution in [-0.4, -0.2) is 25.0 Å². The van der Waals surface area contributed by atoms with Gasteiger partial charge in [-0.1, -0.05) is 43.3 Å². The molecule has 0 aliphatic rings. The molecule has 0 amide bonds. The number of hydrogen-bond acceptors (Lipinski definition) is 3. The van der Waals surface area contributed by atoms with Crippen LogP contribution in [0.25, 0.3) is 5.57 Å². The molecular formula is C19H20O4. The molecule has 4 nitrogen and oxygen atoms in total. The topological polar surface area (TPSA) is 55.8 Å². The zero-order valence-corrected chi connectivity index (χ0v) is 13.3. The monoisotopic (exact) mass is 312 g/mol. The smallest absolute Gasteiger partial charge is 0.328 e. The zero-order valence-electron chi connectivity index (χ0n) is 13.3. The lowest BCUT2D eigenvalue weighted by Crippen LogP contribution is -2.03. The molecule has 0 bridgehead atoms. The molecule has 0 aromatic heterocycles. The van der Waals surface area contributed by atoms with E-state index >= 15 is 0 Å². The van der Waals surface area contributed by atoms with Gasteiger partial charge in [-0.2, -0.15) is 0 Å². The first-order chi connectivity index (χ1) is 11.2. The number of methoxy groups -OCH3 is 1. The van der Waals surface area contributed by atoms with Gasteiger partial charge in [0.25, 0.3) is 0 Å². The molecule has 0 radical (unpaired) electrons. The lowest BCUT2D eigenvalue weighted by atomic mass is 9.94. The first-order valence-corrected chi connectivity index (χ1v) is 7.40. The third-order valence-electron chi connectivity index (χ3n) is 3.43. The highest BCUT2D eigenvalue weighted by molar-refractivity contribution is 5.96. The van der Waals surface area contributed by atoms with E-state index in [4.69, 9.17) is 9.47 Å². The first kappa shape index (κ1) is 16.8. The van der Waals surface area contributed by atoms with Gasteiger partial charge in [0.05, 0.1) is 0 Å². The Morgan fingerprint density at radius 3 is 2.52 bits per heavy atom. The van der Waals surface area contributed by atoms with Crippen LogP contribution in [0.15, 0.2) is 54.6 Å². The van der Waals surface area contributed by atoms with Crippen molar-refractivity contribution in [1.82, 2.24) is 0 Å². The van der Waals surface area contributed by atoms with Gasteiger partial charge in [0.1, 0.15) is 5.75 Å². The highest BCUT2D eigenvalue weighted by atomic mass is 16.7. The van der Waals surface area contributed by atoms with Gasteiger partial charge in [-0.3, -0.25) is 0 Å². The lowest BCUT2D eigenvalue weighted by Gasteiger charge is -2.15. The number of carbonyl (C=O) groups is 1. The number of aryl methyl sites for hydroxylation is 1. The van der Waals surface area contributed by atoms with Crippen molar-refractivity contribution in [2.75, 3.05) is 13.9 Å². The van der Waals surface area contributed by atoms with E-state index < -0.39 is 5.97 Å². The first-order valence-electron chi connectivity index (χ1n) is 7.40. The molecule has 23 heavy (non-hydrogen) atoms. The van der Waals surface area contributed by atoms with Crippen molar-refractivity contribution in [3.8, 4) is 5.75 Å². The van der Waals surface area contributed by atoms with Gasteiger partial charge in [-0.05, 0) is 35.3 Å². The van der Waals surface area contributed by atoms with E-state index in [0.29, 0.717) is 11.3 Å². The summed E-state index contributed by atoms with van der Waals surface area (Å²) >= 11 is 0. The average Bonchev–Trinajstić information content (AvgIpc) is 2.58. The second-order valence-corrected chi connectivity index (χ2v) is 5.00. The van der Waals surface area contributed by atoms with Crippen LogP contribution in [0.3, 0.4) is 0 Å². The van der Waals surface area contributed by atoms with E-state index in [-0.39, 0.29) is 6.79 Å². The summed E-state index contributed by atoms with van der Waals surface area (Å²) in [6.45, 7) is 2.16. The summed E-state index contributed by atoms with van der Waals surface area (Å²) in [7, 11) is 1.55. The average molecular weight is 312 g/mol. The maximum Gasteiger partial charge on any atom is 0.328 e. The minimum atomic E-state index is -0.997. The predicted molar refractivity (Wildman–Crippen MR) is 89.5 cm³/mol. The Morgan fingerprint density at radius 2 is 1.91 bits per heavy atom. The molecule has 2 rings (SSSR count). The summed E-state index contributed by atoms with van der Waals surface area (Å²) in [6.07, 6.45) is 2.07. The lowest BCUT2D eigenvalue weighted by molar-refractivity contribution is -0.131. The molecule has 0 atom stereocenters. The van der Waals surface area contributed by atoms with Crippen LogP contribution >= 0.6 is 0 Å². The van der Waals surface area contributed by atoms with E-state index in [1.165, 1.54) is 6.08 Å². The quantitative estimate of drug-likeness (QED) is 0.625. The zero-order chi connectivity index (χ0) is 16.7. The molecule has 0 aliphatic carbocycles. The summed E-state index contributed by atoms with van der Waals surface area (Å²) in [5, 5.41) is 9.26. The molecule has 0 fully saturated rings. The van der Waals surface area contributed by atoms with Crippen molar-refractivity contribution in [3.63, 3.8) is 0 Å². The molecule has 2 aromatic rings. The van der Waals surface area contributed by atoms with E-state index in [2.05, 4.69) is 6.92 Å². The number of aliphatic carboxylic acids is 1. The molecule has 0 saturated carbocycles. The molecule has 0 saturated heterocycles. The van der Waals surface area contributed by atoms with E-state index in [1.807, 2.05) is 48.5 Å². The molecular weight excluding hydrogens is 292 g/mol. The van der Waals surface area contributed by atoms with E-state index in [9.17, 15) is 9.90 Å². The fourth-order valence-corrected chi connectivity index (χ4v) is 2.31. The van der Waals surface area contributed by atoms with Crippen LogP contribution in [0.2, 0.25) is 0 Å². The van der Waals surface area contributed by atoms with Crippen LogP contribution in [0.5, 0.6) is 5.75 Å². The second-order valence-electron chi connectivity index (χ2n) is 5.00. The van der Waals surface area contributed by atoms with Gasteiger partial charge >= 0.3 is 5.97 Å². The molecule has 120 valence electrons. The number of carboxylic acid groups (broad SMARTS) is 1. The number of carboxylic acids is 1. The molecule has 0 spiro atoms. The van der Waals surface area contributed by atoms with Crippen molar-refractivity contribution in [1.29, 1.82) is 0 Å². The maximum atomic E-state index is 11.3. The SMILES string of the molecule is CCc1ccc(OCOC)c(/C(=C/C(=O)O)c2ccccc2)c1. The van der Waals surface area contributed by atoms with E-state index in [0.717, 1.165) is 23.1 Å². The molecule has 1 N–H and O–H groups in total. The fraction of sp³-hybridized carbons (Fsp3) is 0.211. The minimum absolute atomic E-state index is 0.105. The summed E-state index contributed by atoms with van der Waals surface area (Å²) in [6, 6.07) is 15.2. The Balaban J connectivity index is 2.59. The molecule has 0 unspecified atom stereocenters. The fourth-order valence-electron chi connectivity index (χ4n) is 2.31. The Morgan fingerprint density at radius 1 is 1.17 bits per heavy atom. The standard InChI is InChI=1S/C19H20O4/c1-3-14-9-10-18(23-13-22-2)17(11-14)16(12-19(20)21)15-7-5-4-6-8-15/h4-12H,3,13H2,1-2H3,(H,20,21)/b16-12+. The van der Waals surface area contributed by atoms with Gasteiger partial charge in [0, 0.05) is 18.7 Å². The highest BCUT2D eigenvalue weighted by Crippen LogP contribution is 2.32. The summed E-state index contributed by atoms with van der Waals surface area (Å²) < 4.78 is 10.6. The Kier molecular flexibility index (Phi) is 5.94. The van der Waals surface area contributed by atoms with Gasteiger partial charge in [0.15, 0.2) is 6.79 Å². The number of ether oxygens (including phenoxy) is 2. The number of hydrogen-bond donors (Lipinski definition) is 1. The van der Waals surface area contributed by atoms with Crippen LogP contribution in [0, 0.1) is 0 Å². The number of rotatable bonds is 7. The third-order valence-corrected chi connectivity index (χ3v) is 3.43. The molecule has 2 aromatic carbocycles. The summed E-state index contributed by atoms with van der Waals surface area (Å²) in [5.74, 6) is -0.399. The van der Waals surface area contributed by atoms with Crippen molar-refractivity contribution in [2.24, 2.45) is 0 Å². The van der Waals surface area contributed by atoms with Crippen LogP contribution < -0.4 is 4.74 Å². The van der Waals surface area contributed by atoms with Gasteiger partial charge in [-0.15, -0.1) is 0 Å². The molecule has 0 heterocycles. The van der Waals surface area contributed by atoms with Crippen molar-refractivity contribution in [2.45, 2.75) is 13.3 Å². The normalized spacial score (nSPS) is 11.3. The minimum Gasteiger partial charge on any atom is -0.478 e. The predicted octanol–water partition coefficient (Wildman–Crippen LogP) is 3.75. The third kappa shape index (κ3) is 4.44.